The molecule has 3 aromatic rings. The highest BCUT2D eigenvalue weighted by atomic mass is 79.9. The van der Waals surface area contributed by atoms with Crippen LogP contribution in [0, 0.1) is 6.92 Å². The van der Waals surface area contributed by atoms with E-state index in [0.29, 0.717) is 16.9 Å². The summed E-state index contributed by atoms with van der Waals surface area (Å²) in [6.45, 7) is 1.94. The van der Waals surface area contributed by atoms with Crippen molar-refractivity contribution in [3.05, 3.63) is 45.3 Å². The van der Waals surface area contributed by atoms with E-state index in [2.05, 4.69) is 20.9 Å². The number of rotatable bonds is 2. The summed E-state index contributed by atoms with van der Waals surface area (Å²) in [7, 11) is 0. The first-order chi connectivity index (χ1) is 10.1. The molecule has 0 radical (unpaired) electrons. The Morgan fingerprint density at radius 2 is 2.00 bits per heavy atom. The maximum absolute atomic E-state index is 6.28. The van der Waals surface area contributed by atoms with Crippen LogP contribution in [0.5, 0.6) is 0 Å². The van der Waals surface area contributed by atoms with Gasteiger partial charge in [0, 0.05) is 11.3 Å². The number of halogens is 2. The lowest BCUT2D eigenvalue weighted by Gasteiger charge is -2.07. The van der Waals surface area contributed by atoms with Crippen LogP contribution < -0.4 is 0 Å². The highest BCUT2D eigenvalue weighted by Crippen LogP contribution is 2.45. The van der Waals surface area contributed by atoms with Gasteiger partial charge in [0.2, 0.25) is 0 Å². The molecule has 0 bridgehead atoms. The third-order valence-electron chi connectivity index (χ3n) is 3.80. The molecular weight excluding hydrogens is 352 g/mol. The smallest absolute Gasteiger partial charge is 0.165 e. The molecule has 0 aliphatic heterocycles. The first kappa shape index (κ1) is 13.3. The number of nitrogens with zero attached hydrogens (tertiary/aromatic N) is 2. The molecule has 4 rings (SSSR count). The lowest BCUT2D eigenvalue weighted by Crippen LogP contribution is -1.97. The van der Waals surface area contributed by atoms with E-state index in [1.165, 1.54) is 0 Å². The lowest BCUT2D eigenvalue weighted by molar-refractivity contribution is 0.579. The van der Waals surface area contributed by atoms with E-state index in [0.717, 1.165) is 45.3 Å². The van der Waals surface area contributed by atoms with Gasteiger partial charge in [0.25, 0.3) is 0 Å². The van der Waals surface area contributed by atoms with E-state index >= 15 is 0 Å². The topological polar surface area (TPSA) is 38.9 Å². The molecule has 0 spiro atoms. The maximum atomic E-state index is 6.28. The number of hydrogen-bond acceptors (Lipinski definition) is 3. The molecule has 21 heavy (non-hydrogen) atoms. The highest BCUT2D eigenvalue weighted by molar-refractivity contribution is 9.10. The van der Waals surface area contributed by atoms with Crippen molar-refractivity contribution in [3.63, 3.8) is 0 Å². The molecule has 2 heterocycles. The van der Waals surface area contributed by atoms with Gasteiger partial charge in [-0.05, 0) is 41.8 Å². The highest BCUT2D eigenvalue weighted by Gasteiger charge is 2.30. The van der Waals surface area contributed by atoms with Gasteiger partial charge >= 0.3 is 0 Å². The number of furan rings is 1. The molecule has 0 N–H and O–H groups in total. The second kappa shape index (κ2) is 4.82. The maximum Gasteiger partial charge on any atom is 0.165 e. The molecule has 1 aliphatic rings. The number of para-hydroxylation sites is 1. The Labute approximate surface area is 135 Å². The molecule has 3 nitrogen and oxygen atoms in total. The van der Waals surface area contributed by atoms with E-state index < -0.39 is 0 Å². The van der Waals surface area contributed by atoms with E-state index in [9.17, 15) is 0 Å². The molecule has 0 atom stereocenters. The van der Waals surface area contributed by atoms with E-state index in [-0.39, 0.29) is 0 Å². The summed E-state index contributed by atoms with van der Waals surface area (Å²) in [4.78, 5) is 9.19. The Hall–Kier alpha value is -1.39. The van der Waals surface area contributed by atoms with Crippen LogP contribution in [-0.4, -0.2) is 9.97 Å². The van der Waals surface area contributed by atoms with Gasteiger partial charge in [0.1, 0.15) is 16.5 Å². The fourth-order valence-corrected chi connectivity index (χ4v) is 3.30. The van der Waals surface area contributed by atoms with Gasteiger partial charge in [-0.1, -0.05) is 29.8 Å². The summed E-state index contributed by atoms with van der Waals surface area (Å²) in [5.41, 5.74) is 2.79. The lowest BCUT2D eigenvalue weighted by atomic mass is 10.1. The summed E-state index contributed by atoms with van der Waals surface area (Å²) < 4.78 is 6.62. The zero-order valence-electron chi connectivity index (χ0n) is 11.4. The van der Waals surface area contributed by atoms with Crippen molar-refractivity contribution < 1.29 is 4.42 Å². The summed E-state index contributed by atoms with van der Waals surface area (Å²) in [5, 5.41) is 1.49. The first-order valence-corrected chi connectivity index (χ1v) is 8.03. The Balaban J connectivity index is 1.98. The molecular formula is C16H12BrClN2O. The summed E-state index contributed by atoms with van der Waals surface area (Å²) in [6, 6.07) is 7.93. The number of fused-ring (bicyclic) bond motifs is 1. The number of aryl methyl sites for hydroxylation is 1. The van der Waals surface area contributed by atoms with Crippen molar-refractivity contribution >= 4 is 38.5 Å². The van der Waals surface area contributed by atoms with Gasteiger partial charge in [-0.15, -0.1) is 0 Å². The molecule has 5 heteroatoms. The molecule has 1 aliphatic carbocycles. The van der Waals surface area contributed by atoms with Crippen LogP contribution in [0.1, 0.15) is 30.2 Å². The van der Waals surface area contributed by atoms with Crippen molar-refractivity contribution in [2.75, 3.05) is 0 Å². The molecule has 0 unspecified atom stereocenters. The minimum Gasteiger partial charge on any atom is -0.461 e. The van der Waals surface area contributed by atoms with Crippen LogP contribution in [0.4, 0.5) is 0 Å². The van der Waals surface area contributed by atoms with Crippen molar-refractivity contribution in [3.8, 4) is 11.4 Å². The second-order valence-electron chi connectivity index (χ2n) is 5.34. The van der Waals surface area contributed by atoms with Crippen LogP contribution in [-0.2, 0) is 0 Å². The van der Waals surface area contributed by atoms with E-state index in [4.69, 9.17) is 21.0 Å². The SMILES string of the molecule is Cc1oc2ccccc2c1-c1nc(Cl)c(Br)c(C2CC2)n1. The standard InChI is InChI=1S/C16H12BrClN2O/c1-8-12(10-4-2-3-5-11(10)21-8)16-19-14(9-6-7-9)13(17)15(18)20-16/h2-5,9H,6-7H2,1H3. The third-order valence-corrected chi connectivity index (χ3v) is 5.08. The minimum absolute atomic E-state index is 0.464. The third kappa shape index (κ3) is 2.17. The molecule has 1 saturated carbocycles. The first-order valence-electron chi connectivity index (χ1n) is 6.86. The zero-order valence-corrected chi connectivity index (χ0v) is 13.7. The van der Waals surface area contributed by atoms with Gasteiger partial charge in [0.15, 0.2) is 5.82 Å². The van der Waals surface area contributed by atoms with Crippen molar-refractivity contribution in [1.29, 1.82) is 0 Å². The predicted molar refractivity (Wildman–Crippen MR) is 86.7 cm³/mol. The quantitative estimate of drug-likeness (QED) is 0.565. The monoisotopic (exact) mass is 362 g/mol. The van der Waals surface area contributed by atoms with Crippen molar-refractivity contribution in [1.82, 2.24) is 9.97 Å². The molecule has 1 aromatic carbocycles. The van der Waals surface area contributed by atoms with Gasteiger partial charge < -0.3 is 4.42 Å². The van der Waals surface area contributed by atoms with Crippen molar-refractivity contribution in [2.24, 2.45) is 0 Å². The average Bonchev–Trinajstić information content (AvgIpc) is 3.24. The van der Waals surface area contributed by atoms with E-state index in [1.54, 1.807) is 0 Å². The Kier molecular flexibility index (Phi) is 3.05. The summed E-state index contributed by atoms with van der Waals surface area (Å²) >= 11 is 9.79. The van der Waals surface area contributed by atoms with Gasteiger partial charge in [-0.25, -0.2) is 9.97 Å². The van der Waals surface area contributed by atoms with Crippen LogP contribution in [0.2, 0.25) is 5.15 Å². The second-order valence-corrected chi connectivity index (χ2v) is 6.49. The van der Waals surface area contributed by atoms with Crippen LogP contribution >= 0.6 is 27.5 Å². The Bertz CT molecular complexity index is 855. The number of hydrogen-bond donors (Lipinski definition) is 0. The number of benzene rings is 1. The van der Waals surface area contributed by atoms with Gasteiger partial charge in [-0.2, -0.15) is 0 Å². The van der Waals surface area contributed by atoms with Crippen LogP contribution in [0.25, 0.3) is 22.4 Å². The summed E-state index contributed by atoms with van der Waals surface area (Å²) in [5.74, 6) is 1.96. The Morgan fingerprint density at radius 1 is 1.24 bits per heavy atom. The van der Waals surface area contributed by atoms with Gasteiger partial charge in [0.05, 0.1) is 15.7 Å². The average molecular weight is 364 g/mol. The van der Waals surface area contributed by atoms with E-state index in [1.807, 2.05) is 31.2 Å². The fraction of sp³-hybridized carbons (Fsp3) is 0.250. The normalized spacial score (nSPS) is 14.8. The minimum atomic E-state index is 0.464. The molecule has 0 amide bonds. The van der Waals surface area contributed by atoms with Gasteiger partial charge in [-0.3, -0.25) is 0 Å². The predicted octanol–water partition coefficient (Wildman–Crippen LogP) is 5.49. The molecule has 0 saturated heterocycles. The fourth-order valence-electron chi connectivity index (χ4n) is 2.62. The Morgan fingerprint density at radius 3 is 2.76 bits per heavy atom. The van der Waals surface area contributed by atoms with Crippen LogP contribution in [0.3, 0.4) is 0 Å². The molecule has 106 valence electrons. The zero-order chi connectivity index (χ0) is 14.6. The largest absolute Gasteiger partial charge is 0.461 e. The molecule has 1 fully saturated rings. The van der Waals surface area contributed by atoms with Crippen molar-refractivity contribution in [2.45, 2.75) is 25.7 Å². The molecule has 2 aromatic heterocycles. The van der Waals surface area contributed by atoms with Crippen LogP contribution in [0.15, 0.2) is 33.2 Å². The number of aromatic nitrogens is 2. The summed E-state index contributed by atoms with van der Waals surface area (Å²) in [6.07, 6.45) is 2.33.